The molecular formula is C13H11ClF7NO2. The van der Waals surface area contributed by atoms with Crippen LogP contribution >= 0.6 is 11.6 Å². The lowest BCUT2D eigenvalue weighted by Crippen LogP contribution is -2.56. The van der Waals surface area contributed by atoms with Crippen molar-refractivity contribution in [2.75, 3.05) is 19.0 Å². The molecule has 0 aliphatic rings. The number of alkyl halides is 8. The van der Waals surface area contributed by atoms with Gasteiger partial charge in [0.15, 0.2) is 0 Å². The summed E-state index contributed by atoms with van der Waals surface area (Å²) < 4.78 is 95.1. The minimum atomic E-state index is -6.32. The smallest absolute Gasteiger partial charge is 0.375 e. The van der Waals surface area contributed by atoms with Crippen molar-refractivity contribution in [3.8, 4) is 0 Å². The van der Waals surface area contributed by atoms with E-state index in [0.29, 0.717) is 0 Å². The van der Waals surface area contributed by atoms with E-state index in [1.54, 1.807) is 0 Å². The molecule has 0 saturated carbocycles. The minimum absolute atomic E-state index is 0.491. The normalized spacial score (nSPS) is 14.4. The Kier molecular flexibility index (Phi) is 6.10. The van der Waals surface area contributed by atoms with Crippen LogP contribution in [0.3, 0.4) is 0 Å². The SMILES string of the molecule is COCC(=O)Nc1ccccc1C(Cl)C(F)(C(F)(F)F)C(F)(F)F. The molecule has 136 valence electrons. The van der Waals surface area contributed by atoms with E-state index < -0.39 is 47.2 Å². The standard InChI is InChI=1S/C13H11ClF7NO2/c1-24-6-9(23)22-8-5-3-2-4-7(8)10(14)11(15,12(16,17)18)13(19,20)21/h2-5,10H,6H2,1H3,(H,22,23). The van der Waals surface area contributed by atoms with Crippen molar-refractivity contribution in [3.63, 3.8) is 0 Å². The van der Waals surface area contributed by atoms with E-state index in [4.69, 9.17) is 11.6 Å². The summed E-state index contributed by atoms with van der Waals surface area (Å²) in [6, 6.07) is 4.03. The number of hydrogen-bond donors (Lipinski definition) is 1. The molecule has 1 N–H and O–H groups in total. The first kappa shape index (κ1) is 20.5. The van der Waals surface area contributed by atoms with E-state index in [-0.39, 0.29) is 0 Å². The maximum absolute atomic E-state index is 14.0. The number of halogens is 8. The van der Waals surface area contributed by atoms with E-state index in [1.807, 2.05) is 5.32 Å². The van der Waals surface area contributed by atoms with Crippen LogP contribution in [0.1, 0.15) is 10.9 Å². The molecule has 3 nitrogen and oxygen atoms in total. The fourth-order valence-electron chi connectivity index (χ4n) is 1.81. The lowest BCUT2D eigenvalue weighted by atomic mass is 9.93. The Labute approximate surface area is 136 Å². The summed E-state index contributed by atoms with van der Waals surface area (Å²) in [7, 11) is 1.15. The summed E-state index contributed by atoms with van der Waals surface area (Å²) in [6.45, 7) is -0.513. The van der Waals surface area contributed by atoms with Crippen LogP contribution in [0.25, 0.3) is 0 Å². The van der Waals surface area contributed by atoms with Gasteiger partial charge in [0.25, 0.3) is 0 Å². The highest BCUT2D eigenvalue weighted by atomic mass is 35.5. The van der Waals surface area contributed by atoms with Crippen LogP contribution in [0, 0.1) is 0 Å². The van der Waals surface area contributed by atoms with Gasteiger partial charge in [-0.25, -0.2) is 4.39 Å². The second-order valence-corrected chi connectivity index (χ2v) is 5.07. The number of benzene rings is 1. The second kappa shape index (κ2) is 7.14. The van der Waals surface area contributed by atoms with Gasteiger partial charge in [-0.3, -0.25) is 4.79 Å². The highest BCUT2D eigenvalue weighted by Gasteiger charge is 2.76. The molecule has 1 unspecified atom stereocenters. The molecule has 0 aromatic heterocycles. The Balaban J connectivity index is 3.36. The Hall–Kier alpha value is -1.55. The van der Waals surface area contributed by atoms with Crippen molar-refractivity contribution >= 4 is 23.2 Å². The number of hydrogen-bond acceptors (Lipinski definition) is 2. The van der Waals surface area contributed by atoms with Crippen molar-refractivity contribution < 1.29 is 40.3 Å². The summed E-state index contributed by atoms with van der Waals surface area (Å²) in [5.41, 5.74) is -7.07. The van der Waals surface area contributed by atoms with E-state index in [2.05, 4.69) is 4.74 Å². The van der Waals surface area contributed by atoms with Crippen molar-refractivity contribution in [2.24, 2.45) is 0 Å². The molecule has 1 aromatic rings. The first-order chi connectivity index (χ1) is 10.9. The van der Waals surface area contributed by atoms with Crippen LogP contribution in [0.5, 0.6) is 0 Å². The maximum atomic E-state index is 14.0. The topological polar surface area (TPSA) is 38.3 Å². The zero-order valence-corrected chi connectivity index (χ0v) is 12.7. The number of carbonyl (C=O) groups is 1. The van der Waals surface area contributed by atoms with Gasteiger partial charge in [0.05, 0.1) is 0 Å². The van der Waals surface area contributed by atoms with Crippen molar-refractivity contribution in [2.45, 2.75) is 23.4 Å². The number of methoxy groups -OCH3 is 1. The monoisotopic (exact) mass is 381 g/mol. The summed E-state index contributed by atoms with van der Waals surface area (Å²) in [6.07, 6.45) is -12.6. The average Bonchev–Trinajstić information content (AvgIpc) is 2.44. The lowest BCUT2D eigenvalue weighted by Gasteiger charge is -2.34. The van der Waals surface area contributed by atoms with Gasteiger partial charge in [0, 0.05) is 12.8 Å². The van der Waals surface area contributed by atoms with E-state index in [9.17, 15) is 35.5 Å². The number of anilines is 1. The predicted octanol–water partition coefficient (Wildman–Crippen LogP) is 4.38. The number of carbonyl (C=O) groups excluding carboxylic acids is 1. The molecule has 1 atom stereocenters. The van der Waals surface area contributed by atoms with Gasteiger partial charge in [-0.1, -0.05) is 18.2 Å². The van der Waals surface area contributed by atoms with Gasteiger partial charge < -0.3 is 10.1 Å². The van der Waals surface area contributed by atoms with Gasteiger partial charge in [0.1, 0.15) is 12.0 Å². The van der Waals surface area contributed by atoms with Crippen LogP contribution in [-0.2, 0) is 9.53 Å². The molecule has 1 aromatic carbocycles. The molecule has 0 aliphatic carbocycles. The molecule has 0 fully saturated rings. The largest absolute Gasteiger partial charge is 0.433 e. The van der Waals surface area contributed by atoms with Crippen LogP contribution < -0.4 is 5.32 Å². The maximum Gasteiger partial charge on any atom is 0.433 e. The van der Waals surface area contributed by atoms with Gasteiger partial charge in [-0.15, -0.1) is 11.6 Å². The fraction of sp³-hybridized carbons (Fsp3) is 0.462. The first-order valence-electron chi connectivity index (χ1n) is 6.20. The van der Waals surface area contributed by atoms with Gasteiger partial charge in [-0.05, 0) is 11.6 Å². The Bertz CT molecular complexity index is 574. The summed E-state index contributed by atoms with van der Waals surface area (Å²) in [4.78, 5) is 11.4. The van der Waals surface area contributed by atoms with E-state index in [1.165, 1.54) is 6.07 Å². The van der Waals surface area contributed by atoms with Crippen LogP contribution in [-0.4, -0.2) is 37.6 Å². The van der Waals surface area contributed by atoms with Crippen molar-refractivity contribution in [3.05, 3.63) is 29.8 Å². The minimum Gasteiger partial charge on any atom is -0.375 e. The molecule has 0 aliphatic heterocycles. The van der Waals surface area contributed by atoms with E-state index in [0.717, 1.165) is 25.3 Å². The second-order valence-electron chi connectivity index (χ2n) is 4.64. The number of ether oxygens (including phenoxy) is 1. The van der Waals surface area contributed by atoms with E-state index >= 15 is 0 Å². The van der Waals surface area contributed by atoms with Crippen LogP contribution in [0.2, 0.25) is 0 Å². The zero-order valence-electron chi connectivity index (χ0n) is 11.9. The number of para-hydroxylation sites is 1. The number of rotatable bonds is 5. The quantitative estimate of drug-likeness (QED) is 0.607. The predicted molar refractivity (Wildman–Crippen MR) is 71.5 cm³/mol. The summed E-state index contributed by atoms with van der Waals surface area (Å²) >= 11 is 5.25. The zero-order chi connectivity index (χ0) is 18.8. The van der Waals surface area contributed by atoms with Crippen LogP contribution in [0.4, 0.5) is 36.4 Å². The van der Waals surface area contributed by atoms with Gasteiger partial charge in [0.2, 0.25) is 5.91 Å². The molecule has 0 spiro atoms. The first-order valence-corrected chi connectivity index (χ1v) is 6.64. The number of nitrogens with one attached hydrogen (secondary N) is 1. The highest BCUT2D eigenvalue weighted by molar-refractivity contribution is 6.22. The fourth-order valence-corrected chi connectivity index (χ4v) is 2.25. The highest BCUT2D eigenvalue weighted by Crippen LogP contribution is 2.56. The molecule has 0 radical (unpaired) electrons. The Morgan fingerprint density at radius 1 is 1.12 bits per heavy atom. The molecule has 24 heavy (non-hydrogen) atoms. The van der Waals surface area contributed by atoms with Crippen LogP contribution in [0.15, 0.2) is 24.3 Å². The lowest BCUT2D eigenvalue weighted by molar-refractivity contribution is -0.342. The van der Waals surface area contributed by atoms with Gasteiger partial charge >= 0.3 is 18.0 Å². The van der Waals surface area contributed by atoms with Crippen molar-refractivity contribution in [1.82, 2.24) is 0 Å². The molecular weight excluding hydrogens is 371 g/mol. The Morgan fingerprint density at radius 2 is 1.62 bits per heavy atom. The summed E-state index contributed by atoms with van der Waals surface area (Å²) in [5, 5.41) is -1.15. The molecule has 0 saturated heterocycles. The molecule has 1 rings (SSSR count). The third kappa shape index (κ3) is 3.92. The molecule has 0 bridgehead atoms. The molecule has 1 amide bonds. The third-order valence-electron chi connectivity index (χ3n) is 2.96. The molecule has 0 heterocycles. The third-order valence-corrected chi connectivity index (χ3v) is 3.49. The van der Waals surface area contributed by atoms with Gasteiger partial charge in [-0.2, -0.15) is 26.3 Å². The number of amides is 1. The summed E-state index contributed by atoms with van der Waals surface area (Å²) in [5.74, 6) is -0.864. The molecule has 11 heteroatoms. The van der Waals surface area contributed by atoms with Crippen molar-refractivity contribution in [1.29, 1.82) is 0 Å². The average molecular weight is 382 g/mol. The Morgan fingerprint density at radius 3 is 2.08 bits per heavy atom.